The van der Waals surface area contributed by atoms with Crippen molar-refractivity contribution >= 4 is 11.9 Å². The van der Waals surface area contributed by atoms with Gasteiger partial charge in [-0.2, -0.15) is 0 Å². The van der Waals surface area contributed by atoms with Crippen molar-refractivity contribution in [3.05, 3.63) is 47.5 Å². The lowest BCUT2D eigenvalue weighted by Crippen LogP contribution is -2.05. The van der Waals surface area contributed by atoms with E-state index < -0.39 is 11.9 Å². The Morgan fingerprint density at radius 2 is 1.61 bits per heavy atom. The van der Waals surface area contributed by atoms with E-state index >= 15 is 0 Å². The van der Waals surface area contributed by atoms with Gasteiger partial charge in [0, 0.05) is 5.56 Å². The molecule has 0 saturated heterocycles. The summed E-state index contributed by atoms with van der Waals surface area (Å²) < 4.78 is 15.2. The van der Waals surface area contributed by atoms with Gasteiger partial charge in [-0.1, -0.05) is 0 Å². The van der Waals surface area contributed by atoms with Gasteiger partial charge in [0.1, 0.15) is 11.5 Å². The van der Waals surface area contributed by atoms with Gasteiger partial charge in [-0.05, 0) is 42.0 Å². The molecule has 2 aromatic rings. The number of carboxylic acid groups (broad SMARTS) is 1. The van der Waals surface area contributed by atoms with Crippen LogP contribution < -0.4 is 9.47 Å². The zero-order valence-electron chi connectivity index (χ0n) is 13.0. The molecule has 0 spiro atoms. The van der Waals surface area contributed by atoms with Crippen LogP contribution in [-0.2, 0) is 4.74 Å². The smallest absolute Gasteiger partial charge is 0.337 e. The molecule has 2 aromatic carbocycles. The largest absolute Gasteiger partial charge is 0.497 e. The van der Waals surface area contributed by atoms with Gasteiger partial charge in [0.25, 0.3) is 0 Å². The summed E-state index contributed by atoms with van der Waals surface area (Å²) in [7, 11) is 4.27. The van der Waals surface area contributed by atoms with E-state index in [0.29, 0.717) is 22.6 Å². The van der Waals surface area contributed by atoms with E-state index in [2.05, 4.69) is 4.74 Å². The molecule has 0 aliphatic heterocycles. The molecule has 0 heterocycles. The molecule has 0 saturated carbocycles. The van der Waals surface area contributed by atoms with Gasteiger partial charge in [-0.3, -0.25) is 0 Å². The van der Waals surface area contributed by atoms with Crippen LogP contribution in [0.4, 0.5) is 0 Å². The van der Waals surface area contributed by atoms with Crippen LogP contribution in [0.15, 0.2) is 36.4 Å². The minimum atomic E-state index is -1.14. The summed E-state index contributed by atoms with van der Waals surface area (Å²) in [5.74, 6) is -0.639. The molecule has 0 unspecified atom stereocenters. The summed E-state index contributed by atoms with van der Waals surface area (Å²) in [5, 5.41) is 9.25. The predicted molar refractivity (Wildman–Crippen MR) is 83.3 cm³/mol. The van der Waals surface area contributed by atoms with E-state index in [1.54, 1.807) is 24.3 Å². The van der Waals surface area contributed by atoms with Crippen LogP contribution in [0.25, 0.3) is 11.1 Å². The molecule has 23 heavy (non-hydrogen) atoms. The quantitative estimate of drug-likeness (QED) is 0.854. The van der Waals surface area contributed by atoms with Crippen molar-refractivity contribution in [2.24, 2.45) is 0 Å². The van der Waals surface area contributed by atoms with Crippen LogP contribution in [0.3, 0.4) is 0 Å². The normalized spacial score (nSPS) is 10.0. The molecule has 6 nitrogen and oxygen atoms in total. The number of carbonyl (C=O) groups excluding carboxylic acids is 1. The Morgan fingerprint density at radius 1 is 0.913 bits per heavy atom. The number of ether oxygens (including phenoxy) is 3. The lowest BCUT2D eigenvalue weighted by Gasteiger charge is -2.12. The lowest BCUT2D eigenvalue weighted by molar-refractivity contribution is 0.0600. The Kier molecular flexibility index (Phi) is 4.85. The van der Waals surface area contributed by atoms with Gasteiger partial charge in [-0.15, -0.1) is 0 Å². The summed E-state index contributed by atoms with van der Waals surface area (Å²) in [6.45, 7) is 0. The van der Waals surface area contributed by atoms with Crippen molar-refractivity contribution in [2.45, 2.75) is 0 Å². The first-order valence-electron chi connectivity index (χ1n) is 6.69. The Hall–Kier alpha value is -3.02. The number of hydrogen-bond acceptors (Lipinski definition) is 5. The SMILES string of the molecule is COC(=O)c1cc(C(=O)O)cc(-c2cc(OC)ccc2OC)c1. The molecular weight excluding hydrogens is 300 g/mol. The van der Waals surface area contributed by atoms with Crippen LogP contribution in [0, 0.1) is 0 Å². The highest BCUT2D eigenvalue weighted by atomic mass is 16.5. The van der Waals surface area contributed by atoms with Crippen LogP contribution in [0.1, 0.15) is 20.7 Å². The second kappa shape index (κ2) is 6.83. The molecule has 120 valence electrons. The summed E-state index contributed by atoms with van der Waals surface area (Å²) in [6, 6.07) is 9.43. The summed E-state index contributed by atoms with van der Waals surface area (Å²) in [4.78, 5) is 23.1. The van der Waals surface area contributed by atoms with Crippen molar-refractivity contribution in [3.63, 3.8) is 0 Å². The van der Waals surface area contributed by atoms with Gasteiger partial charge in [-0.25, -0.2) is 9.59 Å². The maximum Gasteiger partial charge on any atom is 0.337 e. The van der Waals surface area contributed by atoms with Crippen molar-refractivity contribution in [1.29, 1.82) is 0 Å². The number of aromatic carboxylic acids is 1. The molecule has 0 aromatic heterocycles. The van der Waals surface area contributed by atoms with Crippen LogP contribution in [0.5, 0.6) is 11.5 Å². The summed E-state index contributed by atoms with van der Waals surface area (Å²) in [6.07, 6.45) is 0. The topological polar surface area (TPSA) is 82.1 Å². The average Bonchev–Trinajstić information content (AvgIpc) is 2.59. The van der Waals surface area contributed by atoms with Crippen LogP contribution in [-0.4, -0.2) is 38.4 Å². The monoisotopic (exact) mass is 316 g/mol. The van der Waals surface area contributed by atoms with E-state index in [1.165, 1.54) is 33.5 Å². The number of hydrogen-bond donors (Lipinski definition) is 1. The van der Waals surface area contributed by atoms with Gasteiger partial charge < -0.3 is 19.3 Å². The first-order chi connectivity index (χ1) is 11.0. The second-order valence-corrected chi connectivity index (χ2v) is 4.66. The molecule has 0 aliphatic carbocycles. The van der Waals surface area contributed by atoms with E-state index in [0.717, 1.165) is 0 Å². The standard InChI is InChI=1S/C17H16O6/c1-21-13-4-5-15(22-2)14(9-13)10-6-11(16(18)19)8-12(7-10)17(20)23-3/h4-9H,1-3H3,(H,18,19). The Labute approximate surface area is 133 Å². The first kappa shape index (κ1) is 16.4. The molecule has 1 N–H and O–H groups in total. The fourth-order valence-corrected chi connectivity index (χ4v) is 2.18. The molecule has 0 bridgehead atoms. The Bertz CT molecular complexity index is 751. The molecule has 0 radical (unpaired) electrons. The third-order valence-electron chi connectivity index (χ3n) is 3.32. The highest BCUT2D eigenvalue weighted by Gasteiger charge is 2.16. The molecule has 0 fully saturated rings. The third-order valence-corrected chi connectivity index (χ3v) is 3.32. The molecule has 0 aliphatic rings. The lowest BCUT2D eigenvalue weighted by atomic mass is 9.98. The average molecular weight is 316 g/mol. The molecule has 0 amide bonds. The Balaban J connectivity index is 2.69. The zero-order valence-corrected chi connectivity index (χ0v) is 13.0. The first-order valence-corrected chi connectivity index (χ1v) is 6.69. The van der Waals surface area contributed by atoms with Gasteiger partial charge in [0.2, 0.25) is 0 Å². The zero-order chi connectivity index (χ0) is 17.0. The van der Waals surface area contributed by atoms with Gasteiger partial charge in [0.15, 0.2) is 0 Å². The van der Waals surface area contributed by atoms with Crippen molar-refractivity contribution in [3.8, 4) is 22.6 Å². The van der Waals surface area contributed by atoms with E-state index in [9.17, 15) is 14.7 Å². The van der Waals surface area contributed by atoms with E-state index in [1.807, 2.05) is 0 Å². The van der Waals surface area contributed by atoms with Crippen molar-refractivity contribution in [1.82, 2.24) is 0 Å². The molecule has 6 heteroatoms. The summed E-state index contributed by atoms with van der Waals surface area (Å²) >= 11 is 0. The van der Waals surface area contributed by atoms with Crippen molar-refractivity contribution in [2.75, 3.05) is 21.3 Å². The highest BCUT2D eigenvalue weighted by Crippen LogP contribution is 2.34. The summed E-state index contributed by atoms with van der Waals surface area (Å²) in [5.41, 5.74) is 1.25. The van der Waals surface area contributed by atoms with E-state index in [-0.39, 0.29) is 11.1 Å². The maximum absolute atomic E-state index is 11.8. The third kappa shape index (κ3) is 3.42. The number of esters is 1. The van der Waals surface area contributed by atoms with Crippen LogP contribution in [0.2, 0.25) is 0 Å². The Morgan fingerprint density at radius 3 is 2.17 bits per heavy atom. The fraction of sp³-hybridized carbons (Fsp3) is 0.176. The van der Waals surface area contributed by atoms with Crippen LogP contribution >= 0.6 is 0 Å². The fourth-order valence-electron chi connectivity index (χ4n) is 2.18. The minimum absolute atomic E-state index is 0.0206. The molecular formula is C17H16O6. The number of carboxylic acids is 1. The molecule has 0 atom stereocenters. The van der Waals surface area contributed by atoms with E-state index in [4.69, 9.17) is 9.47 Å². The second-order valence-electron chi connectivity index (χ2n) is 4.66. The number of benzene rings is 2. The number of methoxy groups -OCH3 is 3. The van der Waals surface area contributed by atoms with Gasteiger partial charge >= 0.3 is 11.9 Å². The van der Waals surface area contributed by atoms with Gasteiger partial charge in [0.05, 0.1) is 32.5 Å². The predicted octanol–water partition coefficient (Wildman–Crippen LogP) is 2.86. The minimum Gasteiger partial charge on any atom is -0.497 e. The number of carbonyl (C=O) groups is 2. The van der Waals surface area contributed by atoms with Crippen molar-refractivity contribution < 1.29 is 28.9 Å². The number of rotatable bonds is 5. The molecule has 2 rings (SSSR count). The maximum atomic E-state index is 11.8. The highest BCUT2D eigenvalue weighted by molar-refractivity contribution is 5.97.